The molecule has 0 aliphatic carbocycles. The molecule has 1 unspecified atom stereocenters. The maximum Gasteiger partial charge on any atom is 0.335 e. The van der Waals surface area contributed by atoms with E-state index < -0.39 is 16.2 Å². The van der Waals surface area contributed by atoms with Gasteiger partial charge >= 0.3 is 16.2 Å². The topological polar surface area (TPSA) is 86.7 Å². The Labute approximate surface area is 132 Å². The van der Waals surface area contributed by atoms with E-state index in [-0.39, 0.29) is 17.3 Å². The fourth-order valence-electron chi connectivity index (χ4n) is 2.36. The zero-order chi connectivity index (χ0) is 15.6. The van der Waals surface area contributed by atoms with Gasteiger partial charge < -0.3 is 5.11 Å². The van der Waals surface area contributed by atoms with Gasteiger partial charge in [-0.1, -0.05) is 6.42 Å². The fraction of sp³-hybridized carbons (Fsp3) is 0.462. The van der Waals surface area contributed by atoms with Crippen LogP contribution in [0.4, 0.5) is 5.69 Å². The zero-order valence-electron chi connectivity index (χ0n) is 11.5. The van der Waals surface area contributed by atoms with Crippen molar-refractivity contribution < 1.29 is 18.3 Å². The van der Waals surface area contributed by atoms with Gasteiger partial charge in [-0.15, -0.1) is 0 Å². The van der Waals surface area contributed by atoms with Crippen LogP contribution in [0.1, 0.15) is 36.5 Å². The van der Waals surface area contributed by atoms with Crippen molar-refractivity contribution in [3.63, 3.8) is 0 Å². The Hall–Kier alpha value is -1.12. The van der Waals surface area contributed by atoms with E-state index in [1.807, 2.05) is 6.92 Å². The van der Waals surface area contributed by atoms with Gasteiger partial charge in [0, 0.05) is 17.1 Å². The number of anilines is 1. The number of benzene rings is 1. The molecule has 0 aromatic heterocycles. The Morgan fingerprint density at radius 3 is 2.76 bits per heavy atom. The van der Waals surface area contributed by atoms with Gasteiger partial charge in [0.2, 0.25) is 0 Å². The molecule has 1 aromatic rings. The molecule has 6 nitrogen and oxygen atoms in total. The highest BCUT2D eigenvalue weighted by Gasteiger charge is 2.30. The Bertz CT molecular complexity index is 648. The monoisotopic (exact) mass is 376 g/mol. The Morgan fingerprint density at radius 2 is 2.14 bits per heavy atom. The average Bonchev–Trinajstić information content (AvgIpc) is 2.41. The molecule has 1 heterocycles. The summed E-state index contributed by atoms with van der Waals surface area (Å²) >= 11 is 3.23. The number of carboxylic acid groups (broad SMARTS) is 1. The lowest BCUT2D eigenvalue weighted by atomic mass is 10.1. The molecule has 0 bridgehead atoms. The van der Waals surface area contributed by atoms with E-state index in [1.54, 1.807) is 0 Å². The van der Waals surface area contributed by atoms with E-state index in [4.69, 9.17) is 5.11 Å². The summed E-state index contributed by atoms with van der Waals surface area (Å²) in [5.41, 5.74) is 0.260. The molecule has 1 fully saturated rings. The largest absolute Gasteiger partial charge is 0.478 e. The maximum atomic E-state index is 12.4. The van der Waals surface area contributed by atoms with Gasteiger partial charge in [-0.25, -0.2) is 4.79 Å². The number of hydrogen-bond donors (Lipinski definition) is 2. The van der Waals surface area contributed by atoms with Crippen LogP contribution in [0.3, 0.4) is 0 Å². The van der Waals surface area contributed by atoms with E-state index in [9.17, 15) is 13.2 Å². The van der Waals surface area contributed by atoms with Gasteiger partial charge in [0.05, 0.1) is 11.3 Å². The molecule has 1 atom stereocenters. The number of piperidine rings is 1. The first kappa shape index (κ1) is 16.3. The average molecular weight is 377 g/mol. The van der Waals surface area contributed by atoms with Crippen LogP contribution in [0.25, 0.3) is 0 Å². The number of halogens is 1. The molecule has 0 radical (unpaired) electrons. The standard InChI is InChI=1S/C13H17BrN2O4S/c1-9-4-2-3-7-16(9)21(19,20)15-12-8-10(13(17)18)5-6-11(12)14/h5-6,8-9,15H,2-4,7H2,1H3,(H,17,18). The number of carboxylic acids is 1. The summed E-state index contributed by atoms with van der Waals surface area (Å²) in [5.74, 6) is -1.10. The Kier molecular flexibility index (Phi) is 4.90. The summed E-state index contributed by atoms with van der Waals surface area (Å²) in [6.45, 7) is 2.36. The highest BCUT2D eigenvalue weighted by atomic mass is 79.9. The number of rotatable bonds is 4. The second-order valence-corrected chi connectivity index (χ2v) is 7.54. The first-order chi connectivity index (χ1) is 9.81. The van der Waals surface area contributed by atoms with Crippen LogP contribution in [0.15, 0.2) is 22.7 Å². The second-order valence-electron chi connectivity index (χ2n) is 5.06. The summed E-state index contributed by atoms with van der Waals surface area (Å²) in [5, 5.41) is 8.99. The fourth-order valence-corrected chi connectivity index (χ4v) is 4.35. The third kappa shape index (κ3) is 3.75. The Balaban J connectivity index is 2.27. The van der Waals surface area contributed by atoms with Gasteiger partial charge in [0.1, 0.15) is 0 Å². The van der Waals surface area contributed by atoms with Gasteiger partial charge in [0.15, 0.2) is 0 Å². The number of aromatic carboxylic acids is 1. The molecule has 1 aromatic carbocycles. The van der Waals surface area contributed by atoms with Crippen molar-refractivity contribution in [3.8, 4) is 0 Å². The van der Waals surface area contributed by atoms with E-state index in [0.29, 0.717) is 11.0 Å². The Morgan fingerprint density at radius 1 is 1.43 bits per heavy atom. The third-order valence-corrected chi connectivity index (χ3v) is 5.83. The molecule has 1 aliphatic rings. The normalized spacial score (nSPS) is 20.2. The molecule has 0 saturated carbocycles. The van der Waals surface area contributed by atoms with Gasteiger partial charge in [0.25, 0.3) is 0 Å². The molecule has 1 saturated heterocycles. The summed E-state index contributed by atoms with van der Waals surface area (Å²) in [4.78, 5) is 11.0. The molecule has 2 rings (SSSR count). The first-order valence-corrected chi connectivity index (χ1v) is 8.87. The van der Waals surface area contributed by atoms with Crippen molar-refractivity contribution in [3.05, 3.63) is 28.2 Å². The van der Waals surface area contributed by atoms with Gasteiger partial charge in [-0.05, 0) is 53.9 Å². The van der Waals surface area contributed by atoms with Crippen molar-refractivity contribution >= 4 is 37.8 Å². The van der Waals surface area contributed by atoms with E-state index in [2.05, 4.69) is 20.7 Å². The van der Waals surface area contributed by atoms with E-state index in [0.717, 1.165) is 19.3 Å². The number of nitrogens with one attached hydrogen (secondary N) is 1. The van der Waals surface area contributed by atoms with Crippen LogP contribution in [-0.4, -0.2) is 36.4 Å². The summed E-state index contributed by atoms with van der Waals surface area (Å²) in [6.07, 6.45) is 2.68. The van der Waals surface area contributed by atoms with Crippen LogP contribution in [0.5, 0.6) is 0 Å². The molecule has 0 spiro atoms. The van der Waals surface area contributed by atoms with Crippen LogP contribution in [0.2, 0.25) is 0 Å². The van der Waals surface area contributed by atoms with E-state index in [1.165, 1.54) is 22.5 Å². The van der Waals surface area contributed by atoms with Gasteiger partial charge in [-0.2, -0.15) is 12.7 Å². The molecule has 8 heteroatoms. The van der Waals surface area contributed by atoms with Gasteiger partial charge in [-0.3, -0.25) is 4.72 Å². The number of nitrogens with zero attached hydrogens (tertiary/aromatic N) is 1. The summed E-state index contributed by atoms with van der Waals surface area (Å²) < 4.78 is 29.3. The molecule has 116 valence electrons. The van der Waals surface area contributed by atoms with E-state index >= 15 is 0 Å². The smallest absolute Gasteiger partial charge is 0.335 e. The molecule has 21 heavy (non-hydrogen) atoms. The molecule has 0 amide bonds. The quantitative estimate of drug-likeness (QED) is 0.845. The molecule has 1 aliphatic heterocycles. The van der Waals surface area contributed by atoms with Crippen LogP contribution in [0, 0.1) is 0 Å². The number of carbonyl (C=O) groups is 1. The predicted octanol–water partition coefficient (Wildman–Crippen LogP) is 2.68. The van der Waals surface area contributed by atoms with Crippen LogP contribution in [-0.2, 0) is 10.2 Å². The van der Waals surface area contributed by atoms with Crippen LogP contribution >= 0.6 is 15.9 Å². The van der Waals surface area contributed by atoms with Crippen molar-refractivity contribution in [1.82, 2.24) is 4.31 Å². The number of hydrogen-bond acceptors (Lipinski definition) is 3. The maximum absolute atomic E-state index is 12.4. The minimum atomic E-state index is -3.69. The molecular weight excluding hydrogens is 360 g/mol. The predicted molar refractivity (Wildman–Crippen MR) is 83.7 cm³/mol. The van der Waals surface area contributed by atoms with Crippen molar-refractivity contribution in [2.24, 2.45) is 0 Å². The SMILES string of the molecule is CC1CCCCN1S(=O)(=O)Nc1cc(C(=O)O)ccc1Br. The third-order valence-electron chi connectivity index (χ3n) is 3.50. The van der Waals surface area contributed by atoms with Crippen molar-refractivity contribution in [2.75, 3.05) is 11.3 Å². The summed E-state index contributed by atoms with van der Waals surface area (Å²) in [7, 11) is -3.69. The summed E-state index contributed by atoms with van der Waals surface area (Å²) in [6, 6.07) is 4.17. The lowest BCUT2D eigenvalue weighted by molar-refractivity contribution is 0.0697. The minimum Gasteiger partial charge on any atom is -0.478 e. The second kappa shape index (κ2) is 6.33. The molecular formula is C13H17BrN2O4S. The minimum absolute atomic E-state index is 0.0302. The highest BCUT2D eigenvalue weighted by molar-refractivity contribution is 9.10. The van der Waals surface area contributed by atoms with Crippen molar-refractivity contribution in [2.45, 2.75) is 32.2 Å². The zero-order valence-corrected chi connectivity index (χ0v) is 13.9. The highest BCUT2D eigenvalue weighted by Crippen LogP contribution is 2.27. The first-order valence-electron chi connectivity index (χ1n) is 6.63. The van der Waals surface area contributed by atoms with Crippen molar-refractivity contribution in [1.29, 1.82) is 0 Å². The lowest BCUT2D eigenvalue weighted by Gasteiger charge is -2.32. The lowest BCUT2D eigenvalue weighted by Crippen LogP contribution is -2.44. The van der Waals surface area contributed by atoms with Crippen LogP contribution < -0.4 is 4.72 Å². The molecule has 2 N–H and O–H groups in total.